The first kappa shape index (κ1) is 12.9. The molecule has 2 aliphatic rings. The fourth-order valence-corrected chi connectivity index (χ4v) is 3.58. The van der Waals surface area contributed by atoms with Crippen LogP contribution >= 0.6 is 0 Å². The topological polar surface area (TPSA) is 20.3 Å². The van der Waals surface area contributed by atoms with Crippen LogP contribution in [0.1, 0.15) is 52.9 Å². The highest BCUT2D eigenvalue weighted by Crippen LogP contribution is 2.51. The molecule has 1 aliphatic heterocycles. The molecular weight excluding hydrogens is 210 g/mol. The van der Waals surface area contributed by atoms with E-state index in [1.807, 2.05) is 0 Å². The molecule has 2 fully saturated rings. The molecule has 0 aromatic carbocycles. The summed E-state index contributed by atoms with van der Waals surface area (Å²) in [5, 5.41) is 0. The number of hydrogen-bond donors (Lipinski definition) is 0. The van der Waals surface area contributed by atoms with Gasteiger partial charge in [0.25, 0.3) is 0 Å². The maximum atomic E-state index is 12.5. The van der Waals surface area contributed by atoms with E-state index in [1.54, 1.807) is 0 Å². The SMILES string of the molecule is CC(C)C1C(C)C1C(=O)N1CCCCCCC1. The molecule has 1 amide bonds. The minimum atomic E-state index is 0.342. The van der Waals surface area contributed by atoms with Gasteiger partial charge in [-0.1, -0.05) is 40.0 Å². The average molecular weight is 237 g/mol. The standard InChI is InChI=1S/C15H27NO/c1-11(2)13-12(3)14(13)15(17)16-9-7-5-4-6-8-10-16/h11-14H,4-10H2,1-3H3. The van der Waals surface area contributed by atoms with Gasteiger partial charge in [0, 0.05) is 19.0 Å². The summed E-state index contributed by atoms with van der Waals surface area (Å²) in [6.07, 6.45) is 6.38. The quantitative estimate of drug-likeness (QED) is 0.721. The average Bonchev–Trinajstić information content (AvgIpc) is 2.88. The normalized spacial score (nSPS) is 34.4. The molecule has 17 heavy (non-hydrogen) atoms. The first-order chi connectivity index (χ1) is 8.13. The van der Waals surface area contributed by atoms with E-state index in [2.05, 4.69) is 25.7 Å². The third-order valence-electron chi connectivity index (χ3n) is 4.67. The van der Waals surface area contributed by atoms with Crippen LogP contribution in [0.5, 0.6) is 0 Å². The smallest absolute Gasteiger partial charge is 0.226 e. The highest BCUT2D eigenvalue weighted by atomic mass is 16.2. The summed E-state index contributed by atoms with van der Waals surface area (Å²) in [4.78, 5) is 14.6. The molecule has 1 heterocycles. The highest BCUT2D eigenvalue weighted by Gasteiger charge is 2.53. The van der Waals surface area contributed by atoms with Crippen molar-refractivity contribution in [2.75, 3.05) is 13.1 Å². The number of likely N-dealkylation sites (tertiary alicyclic amines) is 1. The van der Waals surface area contributed by atoms with E-state index in [0.29, 0.717) is 29.6 Å². The summed E-state index contributed by atoms with van der Waals surface area (Å²) >= 11 is 0. The molecule has 1 saturated heterocycles. The Morgan fingerprint density at radius 1 is 1.06 bits per heavy atom. The molecule has 1 saturated carbocycles. The first-order valence-electron chi connectivity index (χ1n) is 7.41. The van der Waals surface area contributed by atoms with Gasteiger partial charge < -0.3 is 4.90 Å². The lowest BCUT2D eigenvalue weighted by Crippen LogP contribution is -2.35. The second-order valence-corrected chi connectivity index (χ2v) is 6.30. The predicted octanol–water partition coefficient (Wildman–Crippen LogP) is 3.32. The van der Waals surface area contributed by atoms with Crippen molar-refractivity contribution >= 4 is 5.91 Å². The zero-order valence-electron chi connectivity index (χ0n) is 11.6. The number of hydrogen-bond acceptors (Lipinski definition) is 1. The molecular formula is C15H27NO. The summed E-state index contributed by atoms with van der Waals surface area (Å²) in [7, 11) is 0. The monoisotopic (exact) mass is 237 g/mol. The molecule has 2 nitrogen and oxygen atoms in total. The predicted molar refractivity (Wildman–Crippen MR) is 70.6 cm³/mol. The van der Waals surface area contributed by atoms with Crippen molar-refractivity contribution in [2.45, 2.75) is 52.9 Å². The van der Waals surface area contributed by atoms with E-state index in [-0.39, 0.29) is 0 Å². The summed E-state index contributed by atoms with van der Waals surface area (Å²) in [6.45, 7) is 8.76. The summed E-state index contributed by atoms with van der Waals surface area (Å²) in [5.41, 5.74) is 0. The Morgan fingerprint density at radius 3 is 2.06 bits per heavy atom. The fourth-order valence-electron chi connectivity index (χ4n) is 3.58. The molecule has 0 aromatic rings. The number of rotatable bonds is 2. The highest BCUT2D eigenvalue weighted by molar-refractivity contribution is 5.82. The van der Waals surface area contributed by atoms with Crippen LogP contribution in [0.25, 0.3) is 0 Å². The van der Waals surface area contributed by atoms with Crippen molar-refractivity contribution < 1.29 is 4.79 Å². The van der Waals surface area contributed by atoms with Gasteiger partial charge in [-0.3, -0.25) is 4.79 Å². The van der Waals surface area contributed by atoms with Crippen molar-refractivity contribution in [3.05, 3.63) is 0 Å². The number of carbonyl (C=O) groups excluding carboxylic acids is 1. The van der Waals surface area contributed by atoms with Gasteiger partial charge in [0.05, 0.1) is 0 Å². The van der Waals surface area contributed by atoms with Crippen LogP contribution in [-0.2, 0) is 4.79 Å². The molecule has 3 unspecified atom stereocenters. The van der Waals surface area contributed by atoms with Crippen LogP contribution in [0.2, 0.25) is 0 Å². The van der Waals surface area contributed by atoms with Crippen molar-refractivity contribution in [3.63, 3.8) is 0 Å². The van der Waals surface area contributed by atoms with E-state index in [4.69, 9.17) is 0 Å². The summed E-state index contributed by atoms with van der Waals surface area (Å²) in [6, 6.07) is 0. The third kappa shape index (κ3) is 2.83. The van der Waals surface area contributed by atoms with Crippen LogP contribution in [0, 0.1) is 23.7 Å². The van der Waals surface area contributed by atoms with Crippen molar-refractivity contribution in [1.29, 1.82) is 0 Å². The van der Waals surface area contributed by atoms with E-state index in [9.17, 15) is 4.79 Å². The Bertz CT molecular complexity index is 266. The number of amides is 1. The Morgan fingerprint density at radius 2 is 1.59 bits per heavy atom. The second kappa shape index (κ2) is 5.41. The van der Waals surface area contributed by atoms with E-state index < -0.39 is 0 Å². The molecule has 0 N–H and O–H groups in total. The van der Waals surface area contributed by atoms with Crippen LogP contribution < -0.4 is 0 Å². The molecule has 98 valence electrons. The van der Waals surface area contributed by atoms with E-state index >= 15 is 0 Å². The van der Waals surface area contributed by atoms with Gasteiger partial charge in [-0.05, 0) is 30.6 Å². The van der Waals surface area contributed by atoms with Crippen LogP contribution in [0.4, 0.5) is 0 Å². The fraction of sp³-hybridized carbons (Fsp3) is 0.933. The molecule has 0 spiro atoms. The third-order valence-corrected chi connectivity index (χ3v) is 4.67. The van der Waals surface area contributed by atoms with Gasteiger partial charge in [0.15, 0.2) is 0 Å². The van der Waals surface area contributed by atoms with Gasteiger partial charge in [-0.25, -0.2) is 0 Å². The molecule has 0 bridgehead atoms. The number of carbonyl (C=O) groups is 1. The van der Waals surface area contributed by atoms with Gasteiger partial charge in [-0.2, -0.15) is 0 Å². The van der Waals surface area contributed by atoms with E-state index in [0.717, 1.165) is 13.1 Å². The largest absolute Gasteiger partial charge is 0.342 e. The minimum absolute atomic E-state index is 0.342. The van der Waals surface area contributed by atoms with Gasteiger partial charge in [0.2, 0.25) is 5.91 Å². The Kier molecular flexibility index (Phi) is 4.11. The maximum absolute atomic E-state index is 12.5. The summed E-state index contributed by atoms with van der Waals surface area (Å²) < 4.78 is 0. The molecule has 3 atom stereocenters. The van der Waals surface area contributed by atoms with Crippen molar-refractivity contribution in [3.8, 4) is 0 Å². The van der Waals surface area contributed by atoms with E-state index in [1.165, 1.54) is 32.1 Å². The zero-order valence-corrected chi connectivity index (χ0v) is 11.6. The molecule has 0 aromatic heterocycles. The lowest BCUT2D eigenvalue weighted by molar-refractivity contribution is -0.133. The van der Waals surface area contributed by atoms with Crippen molar-refractivity contribution in [1.82, 2.24) is 4.90 Å². The molecule has 2 rings (SSSR count). The molecule has 1 aliphatic carbocycles. The second-order valence-electron chi connectivity index (χ2n) is 6.30. The van der Waals surface area contributed by atoms with Gasteiger partial charge in [-0.15, -0.1) is 0 Å². The van der Waals surface area contributed by atoms with Crippen LogP contribution in [0.3, 0.4) is 0 Å². The minimum Gasteiger partial charge on any atom is -0.342 e. The Labute approximate surface area is 106 Å². The first-order valence-corrected chi connectivity index (χ1v) is 7.41. The van der Waals surface area contributed by atoms with Crippen LogP contribution in [0.15, 0.2) is 0 Å². The maximum Gasteiger partial charge on any atom is 0.226 e. The van der Waals surface area contributed by atoms with Gasteiger partial charge in [0.1, 0.15) is 0 Å². The number of nitrogens with zero attached hydrogens (tertiary/aromatic N) is 1. The van der Waals surface area contributed by atoms with Crippen molar-refractivity contribution in [2.24, 2.45) is 23.7 Å². The lowest BCUT2D eigenvalue weighted by Gasteiger charge is -2.25. The lowest BCUT2D eigenvalue weighted by atomic mass is 10.1. The Hall–Kier alpha value is -0.530. The zero-order chi connectivity index (χ0) is 12.4. The molecule has 0 radical (unpaired) electrons. The van der Waals surface area contributed by atoms with Gasteiger partial charge >= 0.3 is 0 Å². The molecule has 2 heteroatoms. The summed E-state index contributed by atoms with van der Waals surface area (Å²) in [5.74, 6) is 2.72. The van der Waals surface area contributed by atoms with Crippen LogP contribution in [-0.4, -0.2) is 23.9 Å². The Balaban J connectivity index is 1.90.